The largest absolute Gasteiger partial charge is 0.476 e. The maximum absolute atomic E-state index is 12.8. The number of nitrogens with one attached hydrogen (secondary N) is 1. The minimum Gasteiger partial charge on any atom is -0.476 e. The third-order valence-corrected chi connectivity index (χ3v) is 5.43. The van der Waals surface area contributed by atoms with E-state index in [9.17, 15) is 4.79 Å². The lowest BCUT2D eigenvalue weighted by molar-refractivity contribution is -0.132. The Morgan fingerprint density at radius 3 is 2.84 bits per heavy atom. The Morgan fingerprint density at radius 2 is 2.16 bits per heavy atom. The summed E-state index contributed by atoms with van der Waals surface area (Å²) in [4.78, 5) is 19.5. The Balaban J connectivity index is 1.57. The van der Waals surface area contributed by atoms with E-state index in [1.165, 1.54) is 18.4 Å². The summed E-state index contributed by atoms with van der Waals surface area (Å²) in [6, 6.07) is 4.30. The molecule has 3 rings (SSSR count). The Labute approximate surface area is 151 Å². The van der Waals surface area contributed by atoms with E-state index in [2.05, 4.69) is 35.2 Å². The molecular weight excluding hydrogens is 314 g/mol. The molecule has 2 aliphatic rings. The molecule has 1 aliphatic carbocycles. The smallest absolute Gasteiger partial charge is 0.229 e. The molecule has 0 spiro atoms. The second-order valence-electron chi connectivity index (χ2n) is 8.45. The number of hydrogen-bond donors (Lipinski definition) is 1. The average molecular weight is 345 g/mol. The molecule has 1 N–H and O–H groups in total. The summed E-state index contributed by atoms with van der Waals surface area (Å²) in [6.45, 7) is 8.51. The van der Waals surface area contributed by atoms with Crippen molar-refractivity contribution in [2.24, 2.45) is 11.3 Å². The molecule has 1 amide bonds. The third-order valence-electron chi connectivity index (χ3n) is 5.43. The van der Waals surface area contributed by atoms with Crippen LogP contribution in [0.3, 0.4) is 0 Å². The molecule has 1 aliphatic heterocycles. The van der Waals surface area contributed by atoms with Gasteiger partial charge in [0.25, 0.3) is 0 Å². The van der Waals surface area contributed by atoms with Crippen molar-refractivity contribution in [3.05, 3.63) is 23.9 Å². The molecule has 0 radical (unpaired) electrons. The van der Waals surface area contributed by atoms with Gasteiger partial charge in [0.05, 0.1) is 5.41 Å². The molecule has 2 unspecified atom stereocenters. The van der Waals surface area contributed by atoms with Crippen molar-refractivity contribution < 1.29 is 9.53 Å². The van der Waals surface area contributed by atoms with E-state index in [0.29, 0.717) is 24.3 Å². The summed E-state index contributed by atoms with van der Waals surface area (Å²) in [5.74, 6) is 1.81. The monoisotopic (exact) mass is 345 g/mol. The molecule has 1 aromatic rings. The van der Waals surface area contributed by atoms with Crippen LogP contribution in [0.4, 0.5) is 0 Å². The van der Waals surface area contributed by atoms with E-state index in [-0.39, 0.29) is 11.9 Å². The summed E-state index contributed by atoms with van der Waals surface area (Å²) in [6.07, 6.45) is 5.18. The van der Waals surface area contributed by atoms with E-state index >= 15 is 0 Å². The highest BCUT2D eigenvalue weighted by Gasteiger charge is 2.34. The number of carbonyl (C=O) groups excluding carboxylic acids is 1. The molecule has 1 saturated carbocycles. The van der Waals surface area contributed by atoms with Crippen molar-refractivity contribution in [2.45, 2.75) is 52.0 Å². The number of piperidine rings is 1. The summed E-state index contributed by atoms with van der Waals surface area (Å²) in [7, 11) is 2.14. The minimum atomic E-state index is -0.582. The van der Waals surface area contributed by atoms with Crippen LogP contribution in [0.15, 0.2) is 18.3 Å². The molecule has 2 atom stereocenters. The van der Waals surface area contributed by atoms with E-state index in [0.717, 1.165) is 19.5 Å². The van der Waals surface area contributed by atoms with Gasteiger partial charge in [0.1, 0.15) is 6.61 Å². The average Bonchev–Trinajstić information content (AvgIpc) is 3.40. The summed E-state index contributed by atoms with van der Waals surface area (Å²) in [5.41, 5.74) is 0.601. The van der Waals surface area contributed by atoms with Gasteiger partial charge in [0, 0.05) is 24.3 Å². The number of rotatable bonds is 6. The van der Waals surface area contributed by atoms with Crippen molar-refractivity contribution >= 4 is 5.91 Å². The van der Waals surface area contributed by atoms with Crippen LogP contribution in [0.2, 0.25) is 0 Å². The molecule has 2 fully saturated rings. The molecule has 5 nitrogen and oxygen atoms in total. The van der Waals surface area contributed by atoms with Gasteiger partial charge in [0.2, 0.25) is 11.8 Å². The van der Waals surface area contributed by atoms with Crippen molar-refractivity contribution in [3.63, 3.8) is 0 Å². The number of nitrogens with zero attached hydrogens (tertiary/aromatic N) is 2. The number of aromatic nitrogens is 1. The SMILES string of the molecule is CC1CN(C)CCC1NC(=O)C(C)(C)COc1ncccc1C1CC1. The van der Waals surface area contributed by atoms with Crippen LogP contribution in [-0.2, 0) is 4.79 Å². The standard InChI is InChI=1S/C20H31N3O2/c1-14-12-23(4)11-9-17(14)22-19(24)20(2,3)13-25-18-16(15-7-8-15)6-5-10-21-18/h5-6,10,14-15,17H,7-9,11-13H2,1-4H3,(H,22,24). The Bertz CT molecular complexity index is 613. The van der Waals surface area contributed by atoms with Gasteiger partial charge in [0.15, 0.2) is 0 Å². The van der Waals surface area contributed by atoms with Gasteiger partial charge >= 0.3 is 0 Å². The molecule has 0 aromatic carbocycles. The molecule has 5 heteroatoms. The van der Waals surface area contributed by atoms with E-state index < -0.39 is 5.41 Å². The number of ether oxygens (including phenoxy) is 1. The second kappa shape index (κ2) is 7.32. The fourth-order valence-corrected chi connectivity index (χ4v) is 3.48. The van der Waals surface area contributed by atoms with Crippen LogP contribution in [0.5, 0.6) is 5.88 Å². The second-order valence-corrected chi connectivity index (χ2v) is 8.45. The van der Waals surface area contributed by atoms with Crippen molar-refractivity contribution in [2.75, 3.05) is 26.7 Å². The maximum atomic E-state index is 12.8. The van der Waals surface area contributed by atoms with Crippen LogP contribution >= 0.6 is 0 Å². The van der Waals surface area contributed by atoms with Crippen molar-refractivity contribution in [1.82, 2.24) is 15.2 Å². The van der Waals surface area contributed by atoms with E-state index in [4.69, 9.17) is 4.74 Å². The highest BCUT2D eigenvalue weighted by atomic mass is 16.5. The first-order chi connectivity index (χ1) is 11.9. The summed E-state index contributed by atoms with van der Waals surface area (Å²) >= 11 is 0. The number of likely N-dealkylation sites (tertiary alicyclic amines) is 1. The molecule has 25 heavy (non-hydrogen) atoms. The predicted molar refractivity (Wildman–Crippen MR) is 98.7 cm³/mol. The first kappa shape index (κ1) is 18.2. The normalized spacial score (nSPS) is 24.8. The molecule has 0 bridgehead atoms. The zero-order chi connectivity index (χ0) is 18.0. The zero-order valence-corrected chi connectivity index (χ0v) is 15.9. The van der Waals surface area contributed by atoms with Gasteiger partial charge in [-0.2, -0.15) is 0 Å². The van der Waals surface area contributed by atoms with Crippen LogP contribution in [0, 0.1) is 11.3 Å². The molecule has 138 valence electrons. The zero-order valence-electron chi connectivity index (χ0n) is 15.9. The Morgan fingerprint density at radius 1 is 1.40 bits per heavy atom. The molecule has 1 saturated heterocycles. The van der Waals surface area contributed by atoms with Gasteiger partial charge in [-0.25, -0.2) is 4.98 Å². The summed E-state index contributed by atoms with van der Waals surface area (Å²) < 4.78 is 5.98. The first-order valence-electron chi connectivity index (χ1n) is 9.44. The fourth-order valence-electron chi connectivity index (χ4n) is 3.48. The van der Waals surface area contributed by atoms with Gasteiger partial charge < -0.3 is 15.0 Å². The highest BCUT2D eigenvalue weighted by Crippen LogP contribution is 2.43. The van der Waals surface area contributed by atoms with Crippen molar-refractivity contribution in [1.29, 1.82) is 0 Å². The number of carbonyl (C=O) groups is 1. The summed E-state index contributed by atoms with van der Waals surface area (Å²) in [5, 5.41) is 3.25. The maximum Gasteiger partial charge on any atom is 0.229 e. The quantitative estimate of drug-likeness (QED) is 0.861. The highest BCUT2D eigenvalue weighted by molar-refractivity contribution is 5.82. The van der Waals surface area contributed by atoms with Crippen LogP contribution in [0.25, 0.3) is 0 Å². The number of hydrogen-bond acceptors (Lipinski definition) is 4. The molecule has 1 aromatic heterocycles. The van der Waals surface area contributed by atoms with E-state index in [1.54, 1.807) is 6.20 Å². The predicted octanol–water partition coefficient (Wildman–Crippen LogP) is 2.82. The topological polar surface area (TPSA) is 54.5 Å². The lowest BCUT2D eigenvalue weighted by Crippen LogP contribution is -2.52. The Hall–Kier alpha value is -1.62. The van der Waals surface area contributed by atoms with Gasteiger partial charge in [-0.05, 0) is 64.6 Å². The minimum absolute atomic E-state index is 0.0674. The van der Waals surface area contributed by atoms with E-state index in [1.807, 2.05) is 19.9 Å². The van der Waals surface area contributed by atoms with Crippen LogP contribution in [-0.4, -0.2) is 48.6 Å². The first-order valence-corrected chi connectivity index (χ1v) is 9.44. The van der Waals surface area contributed by atoms with Gasteiger partial charge in [-0.15, -0.1) is 0 Å². The van der Waals surface area contributed by atoms with Crippen LogP contribution in [0.1, 0.15) is 51.5 Å². The molecular formula is C20H31N3O2. The lowest BCUT2D eigenvalue weighted by atomic mass is 9.89. The molecule has 2 heterocycles. The fraction of sp³-hybridized carbons (Fsp3) is 0.700. The lowest BCUT2D eigenvalue weighted by Gasteiger charge is -2.37. The van der Waals surface area contributed by atoms with Gasteiger partial charge in [-0.1, -0.05) is 13.0 Å². The van der Waals surface area contributed by atoms with Gasteiger partial charge in [-0.3, -0.25) is 4.79 Å². The van der Waals surface area contributed by atoms with Crippen molar-refractivity contribution in [3.8, 4) is 5.88 Å². The number of amides is 1. The number of pyridine rings is 1. The van der Waals surface area contributed by atoms with Crippen LogP contribution < -0.4 is 10.1 Å². The third kappa shape index (κ3) is 4.51. The Kier molecular flexibility index (Phi) is 5.32.